The summed E-state index contributed by atoms with van der Waals surface area (Å²) in [5.41, 5.74) is 6.06. The van der Waals surface area contributed by atoms with E-state index < -0.39 is 38.3 Å². The molecule has 3 rings (SSSR count). The third kappa shape index (κ3) is 4.33. The van der Waals surface area contributed by atoms with E-state index in [0.29, 0.717) is 6.07 Å². The number of nitrogen functional groups attached to an aromatic ring is 1. The van der Waals surface area contributed by atoms with Crippen LogP contribution in [0, 0.1) is 5.82 Å². The number of halogens is 1. The Morgan fingerprint density at radius 1 is 1.40 bits per heavy atom. The lowest BCUT2D eigenvalue weighted by atomic mass is 10.3. The number of sulfonamides is 1. The fraction of sp³-hybridized carbons (Fsp3) is 0.143. The monoisotopic (exact) mass is 457 g/mol. The van der Waals surface area contributed by atoms with Gasteiger partial charge >= 0.3 is 11.9 Å². The van der Waals surface area contributed by atoms with Crippen LogP contribution in [0.25, 0.3) is 0 Å². The van der Waals surface area contributed by atoms with E-state index in [2.05, 4.69) is 25.4 Å². The molecule has 0 aliphatic carbocycles. The van der Waals surface area contributed by atoms with E-state index in [9.17, 15) is 22.4 Å². The topological polar surface area (TPSA) is 186 Å². The number of amides is 1. The first-order valence-electron chi connectivity index (χ1n) is 7.92. The Balaban J connectivity index is 1.75. The summed E-state index contributed by atoms with van der Waals surface area (Å²) in [4.78, 5) is 26.2. The molecular weight excluding hydrogens is 443 g/mol. The standard InChI is InChI=1S/C14H13FN8O5S2/c1-22-14(16)23(21-20-22)5-10(24)18-9-3-2-7(4-8(9)15)30(27,28)19-12-11(13(25)26)17-6-29-12/h2-4,6,16,19H,5H2,1H3,(H2,18,24,25,26)/p+1. The van der Waals surface area contributed by atoms with Gasteiger partial charge in [-0.05, 0) is 18.2 Å². The fourth-order valence-electron chi connectivity index (χ4n) is 2.22. The number of nitrogens with one attached hydrogen (secondary N) is 2. The lowest BCUT2D eigenvalue weighted by Gasteiger charge is -2.09. The van der Waals surface area contributed by atoms with Crippen LogP contribution in [-0.2, 0) is 28.4 Å². The maximum atomic E-state index is 14.4. The Bertz CT molecular complexity index is 1240. The van der Waals surface area contributed by atoms with E-state index >= 15 is 0 Å². The first kappa shape index (κ1) is 21.1. The van der Waals surface area contributed by atoms with Crippen LogP contribution < -0.4 is 20.5 Å². The van der Waals surface area contributed by atoms with Crippen LogP contribution in [0.15, 0.2) is 28.6 Å². The molecule has 0 fully saturated rings. The normalized spacial score (nSPS) is 11.3. The van der Waals surface area contributed by atoms with Gasteiger partial charge in [-0.2, -0.15) is 0 Å². The molecule has 5 N–H and O–H groups in total. The Hall–Kier alpha value is -3.66. The molecular formula is C14H14FN8O5S2+. The molecule has 13 nitrogen and oxygen atoms in total. The van der Waals surface area contributed by atoms with Gasteiger partial charge in [0.05, 0.1) is 28.4 Å². The molecule has 0 unspecified atom stereocenters. The largest absolute Gasteiger partial charge is 0.476 e. The molecule has 2 aromatic heterocycles. The number of hydrogen-bond acceptors (Lipinski definition) is 9. The number of aromatic nitrogens is 5. The van der Waals surface area contributed by atoms with Gasteiger partial charge in [-0.15, -0.1) is 16.0 Å². The molecule has 0 aliphatic rings. The van der Waals surface area contributed by atoms with Crippen molar-refractivity contribution in [2.75, 3.05) is 15.8 Å². The second-order valence-electron chi connectivity index (χ2n) is 5.75. The summed E-state index contributed by atoms with van der Waals surface area (Å²) in [7, 11) is -2.77. The van der Waals surface area contributed by atoms with Gasteiger partial charge in [-0.3, -0.25) is 9.52 Å². The molecule has 1 aromatic carbocycles. The SMILES string of the molecule is C[n+]1nnn(CC(=O)Nc2ccc(S(=O)(=O)Nc3scnc3C(=O)O)cc2F)c1N. The van der Waals surface area contributed by atoms with Crippen LogP contribution in [0.3, 0.4) is 0 Å². The first-order valence-corrected chi connectivity index (χ1v) is 10.3. The van der Waals surface area contributed by atoms with Gasteiger partial charge in [0, 0.05) is 0 Å². The van der Waals surface area contributed by atoms with E-state index in [1.165, 1.54) is 11.7 Å². The van der Waals surface area contributed by atoms with Crippen molar-refractivity contribution < 1.29 is 32.2 Å². The van der Waals surface area contributed by atoms with Crippen molar-refractivity contribution in [2.24, 2.45) is 7.05 Å². The number of aromatic carboxylic acids is 1. The minimum atomic E-state index is -4.30. The third-order valence-corrected chi connectivity index (χ3v) is 5.91. The number of thiazole rings is 1. The molecule has 0 aliphatic heterocycles. The molecule has 3 aromatic rings. The lowest BCUT2D eigenvalue weighted by molar-refractivity contribution is -0.718. The Morgan fingerprint density at radius 3 is 2.73 bits per heavy atom. The molecule has 0 atom stereocenters. The molecule has 0 spiro atoms. The van der Waals surface area contributed by atoms with Crippen molar-refractivity contribution in [1.82, 2.24) is 20.1 Å². The summed E-state index contributed by atoms with van der Waals surface area (Å²) in [6, 6.07) is 2.78. The average molecular weight is 457 g/mol. The minimum Gasteiger partial charge on any atom is -0.476 e. The van der Waals surface area contributed by atoms with Gasteiger partial charge < -0.3 is 16.2 Å². The van der Waals surface area contributed by atoms with E-state index in [1.807, 2.05) is 0 Å². The maximum Gasteiger partial charge on any atom is 0.362 e. The molecule has 0 radical (unpaired) electrons. The Labute approximate surface area is 172 Å². The third-order valence-electron chi connectivity index (χ3n) is 3.69. The number of nitrogens with two attached hydrogens (primary N) is 1. The summed E-state index contributed by atoms with van der Waals surface area (Å²) < 4.78 is 43.6. The Kier molecular flexibility index (Phi) is 5.61. The number of anilines is 3. The van der Waals surface area contributed by atoms with Crippen LogP contribution in [0.2, 0.25) is 0 Å². The molecule has 1 amide bonds. The zero-order chi connectivity index (χ0) is 22.1. The van der Waals surface area contributed by atoms with E-state index in [4.69, 9.17) is 10.8 Å². The summed E-state index contributed by atoms with van der Waals surface area (Å²) in [5, 5.41) is 18.3. The number of benzene rings is 1. The summed E-state index contributed by atoms with van der Waals surface area (Å²) >= 11 is 0.761. The van der Waals surface area contributed by atoms with Gasteiger partial charge in [0.15, 0.2) is 12.2 Å². The van der Waals surface area contributed by atoms with Crippen molar-refractivity contribution in [2.45, 2.75) is 11.4 Å². The van der Waals surface area contributed by atoms with Gasteiger partial charge in [-0.25, -0.2) is 22.6 Å². The number of carbonyl (C=O) groups is 2. The zero-order valence-corrected chi connectivity index (χ0v) is 16.7. The number of tetrazole rings is 1. The first-order chi connectivity index (χ1) is 14.1. The molecule has 0 saturated heterocycles. The number of carboxylic acids is 1. The predicted molar refractivity (Wildman–Crippen MR) is 101 cm³/mol. The highest BCUT2D eigenvalue weighted by atomic mass is 32.2. The van der Waals surface area contributed by atoms with Crippen LogP contribution in [0.5, 0.6) is 0 Å². The highest BCUT2D eigenvalue weighted by Crippen LogP contribution is 2.25. The molecule has 30 heavy (non-hydrogen) atoms. The van der Waals surface area contributed by atoms with Crippen LogP contribution in [0.1, 0.15) is 10.5 Å². The van der Waals surface area contributed by atoms with E-state index in [0.717, 1.165) is 33.7 Å². The van der Waals surface area contributed by atoms with E-state index in [1.54, 1.807) is 0 Å². The quantitative estimate of drug-likeness (QED) is 0.337. The van der Waals surface area contributed by atoms with Crippen molar-refractivity contribution in [3.63, 3.8) is 0 Å². The van der Waals surface area contributed by atoms with Crippen molar-refractivity contribution in [3.8, 4) is 0 Å². The lowest BCUT2D eigenvalue weighted by Crippen LogP contribution is -2.34. The smallest absolute Gasteiger partial charge is 0.362 e. The fourth-order valence-corrected chi connectivity index (χ4v) is 4.22. The Morgan fingerprint density at radius 2 is 2.13 bits per heavy atom. The summed E-state index contributed by atoms with van der Waals surface area (Å²) in [5.74, 6) is -3.01. The molecule has 0 bridgehead atoms. The highest BCUT2D eigenvalue weighted by Gasteiger charge is 2.23. The van der Waals surface area contributed by atoms with Gasteiger partial charge in [0.1, 0.15) is 16.0 Å². The number of nitrogens with zero attached hydrogens (tertiary/aromatic N) is 5. The second kappa shape index (κ2) is 7.99. The highest BCUT2D eigenvalue weighted by molar-refractivity contribution is 7.93. The number of hydrogen-bond donors (Lipinski definition) is 4. The number of carboxylic acid groups (broad SMARTS) is 1. The van der Waals surface area contributed by atoms with Crippen LogP contribution in [-0.4, -0.2) is 45.5 Å². The minimum absolute atomic E-state index is 0.0990. The number of carbonyl (C=O) groups excluding carboxylic acids is 1. The second-order valence-corrected chi connectivity index (χ2v) is 8.29. The number of rotatable bonds is 7. The van der Waals surface area contributed by atoms with Crippen molar-refractivity contribution >= 4 is 49.9 Å². The van der Waals surface area contributed by atoms with Crippen molar-refractivity contribution in [1.29, 1.82) is 0 Å². The summed E-state index contributed by atoms with van der Waals surface area (Å²) in [6.45, 7) is -0.343. The van der Waals surface area contributed by atoms with Gasteiger partial charge in [0.25, 0.3) is 15.9 Å². The predicted octanol–water partition coefficient (Wildman–Crippen LogP) is -0.582. The van der Waals surface area contributed by atoms with Gasteiger partial charge in [0.2, 0.25) is 0 Å². The van der Waals surface area contributed by atoms with Gasteiger partial charge in [-0.1, -0.05) is 4.68 Å². The van der Waals surface area contributed by atoms with Crippen molar-refractivity contribution in [3.05, 3.63) is 35.2 Å². The van der Waals surface area contributed by atoms with Crippen LogP contribution in [0.4, 0.5) is 21.0 Å². The molecule has 0 saturated carbocycles. The molecule has 158 valence electrons. The van der Waals surface area contributed by atoms with Crippen LogP contribution >= 0.6 is 11.3 Å². The maximum absolute atomic E-state index is 14.4. The summed E-state index contributed by atoms with van der Waals surface area (Å²) in [6.07, 6.45) is 0. The number of aryl methyl sites for hydroxylation is 1. The zero-order valence-electron chi connectivity index (χ0n) is 15.1. The van der Waals surface area contributed by atoms with E-state index in [-0.39, 0.29) is 23.2 Å². The molecule has 16 heteroatoms. The average Bonchev–Trinajstić information content (AvgIpc) is 3.24. The molecule has 2 heterocycles.